The molecule has 1 fully saturated rings. The number of pyridine rings is 2. The minimum absolute atomic E-state index is 0.0395. The Bertz CT molecular complexity index is 1660. The number of hydrogen-bond donors (Lipinski definition) is 2. The molecule has 0 spiro atoms. The number of nitrogens with one attached hydrogen (secondary N) is 1. The van der Waals surface area contributed by atoms with E-state index in [9.17, 15) is 23.9 Å². The van der Waals surface area contributed by atoms with E-state index >= 15 is 0 Å². The molecule has 1 amide bonds. The molecule has 7 rings (SSSR count). The van der Waals surface area contributed by atoms with Crippen LogP contribution in [0.1, 0.15) is 59.2 Å². The maximum absolute atomic E-state index is 15.0. The molecule has 9 nitrogen and oxygen atoms in total. The van der Waals surface area contributed by atoms with E-state index in [1.54, 1.807) is 24.5 Å². The Kier molecular flexibility index (Phi) is 4.91. The van der Waals surface area contributed by atoms with Gasteiger partial charge in [0.15, 0.2) is 5.60 Å². The largest absolute Gasteiger partial charge is 0.458 e. The van der Waals surface area contributed by atoms with Crippen LogP contribution in [-0.2, 0) is 44.2 Å². The number of cyclic esters (lactones) is 1. The van der Waals surface area contributed by atoms with Gasteiger partial charge in [0, 0.05) is 22.6 Å². The summed E-state index contributed by atoms with van der Waals surface area (Å²) in [6.45, 7) is 4.17. The quantitative estimate of drug-likeness (QED) is 0.399. The minimum atomic E-state index is -1.94. The third kappa shape index (κ3) is 2.98. The van der Waals surface area contributed by atoms with Gasteiger partial charge < -0.3 is 24.5 Å². The molecular formula is C28H26FN3O6. The Morgan fingerprint density at radius 2 is 2.05 bits per heavy atom. The Hall–Kier alpha value is -3.63. The smallest absolute Gasteiger partial charge is 0.343 e. The fourth-order valence-electron chi connectivity index (χ4n) is 6.38. The summed E-state index contributed by atoms with van der Waals surface area (Å²) < 4.78 is 26.9. The van der Waals surface area contributed by atoms with Gasteiger partial charge in [-0.05, 0) is 48.9 Å². The molecule has 0 bridgehead atoms. The summed E-state index contributed by atoms with van der Waals surface area (Å²) >= 11 is 0. The fraction of sp³-hybridized carbons (Fsp3) is 0.429. The Morgan fingerprint density at radius 3 is 2.76 bits per heavy atom. The zero-order valence-corrected chi connectivity index (χ0v) is 21.0. The number of hydrogen-bond acceptors (Lipinski definition) is 7. The van der Waals surface area contributed by atoms with Crippen molar-refractivity contribution in [2.45, 2.75) is 57.9 Å². The van der Waals surface area contributed by atoms with Gasteiger partial charge in [0.2, 0.25) is 5.91 Å². The third-order valence-corrected chi connectivity index (χ3v) is 8.70. The van der Waals surface area contributed by atoms with Crippen LogP contribution in [0.15, 0.2) is 16.9 Å². The molecule has 2 N–H and O–H groups in total. The highest BCUT2D eigenvalue weighted by molar-refractivity contribution is 5.94. The highest BCUT2D eigenvalue weighted by atomic mass is 19.1. The van der Waals surface area contributed by atoms with E-state index in [1.807, 2.05) is 0 Å². The number of esters is 1. The van der Waals surface area contributed by atoms with Gasteiger partial charge in [-0.25, -0.2) is 14.2 Å². The Morgan fingerprint density at radius 1 is 1.26 bits per heavy atom. The van der Waals surface area contributed by atoms with Crippen molar-refractivity contribution in [3.63, 3.8) is 0 Å². The van der Waals surface area contributed by atoms with Crippen molar-refractivity contribution in [1.82, 2.24) is 14.9 Å². The number of aromatic nitrogens is 2. The molecule has 3 aromatic rings. The molecule has 0 saturated carbocycles. The van der Waals surface area contributed by atoms with E-state index in [1.165, 1.54) is 6.07 Å². The molecule has 2 aromatic heterocycles. The summed E-state index contributed by atoms with van der Waals surface area (Å²) in [6.07, 6.45) is 1.21. The van der Waals surface area contributed by atoms with Crippen LogP contribution in [0.3, 0.4) is 0 Å². The van der Waals surface area contributed by atoms with E-state index in [4.69, 9.17) is 14.5 Å². The molecule has 2 atom stereocenters. The lowest BCUT2D eigenvalue weighted by atomic mass is 9.81. The van der Waals surface area contributed by atoms with Crippen LogP contribution in [0.25, 0.3) is 22.3 Å². The predicted octanol–water partition coefficient (Wildman–Crippen LogP) is 2.28. The maximum atomic E-state index is 15.0. The summed E-state index contributed by atoms with van der Waals surface area (Å²) in [5, 5.41) is 15.2. The summed E-state index contributed by atoms with van der Waals surface area (Å²) in [4.78, 5) is 43.9. The minimum Gasteiger partial charge on any atom is -0.458 e. The molecule has 1 saturated heterocycles. The Balaban J connectivity index is 1.48. The SMILES string of the molecule is CC[C@]1(O)C(=O)OCc2c1cc1n(c2=O)Cc2c-1nc1cc(F)c(C)c3c1c2[C@H](NC(=O)C1COC1)CC3. The van der Waals surface area contributed by atoms with Crippen LogP contribution in [-0.4, -0.2) is 39.7 Å². The number of carbonyl (C=O) groups is 2. The summed E-state index contributed by atoms with van der Waals surface area (Å²) in [5.41, 5.74) is 2.61. The van der Waals surface area contributed by atoms with Gasteiger partial charge in [-0.15, -0.1) is 0 Å². The number of rotatable bonds is 3. The zero-order valence-electron chi connectivity index (χ0n) is 21.0. The van der Waals surface area contributed by atoms with Crippen molar-refractivity contribution >= 4 is 22.8 Å². The van der Waals surface area contributed by atoms with Gasteiger partial charge in [-0.1, -0.05) is 6.92 Å². The lowest BCUT2D eigenvalue weighted by molar-refractivity contribution is -0.172. The molecule has 196 valence electrons. The van der Waals surface area contributed by atoms with Gasteiger partial charge in [0.1, 0.15) is 12.4 Å². The molecule has 4 aliphatic rings. The normalized spacial score (nSPS) is 23.4. The van der Waals surface area contributed by atoms with Crippen molar-refractivity contribution in [3.8, 4) is 11.4 Å². The number of nitrogens with zero attached hydrogens (tertiary/aromatic N) is 2. The molecule has 5 heterocycles. The van der Waals surface area contributed by atoms with Crippen molar-refractivity contribution in [2.24, 2.45) is 5.92 Å². The van der Waals surface area contributed by atoms with Crippen LogP contribution >= 0.6 is 0 Å². The first-order chi connectivity index (χ1) is 18.2. The van der Waals surface area contributed by atoms with Gasteiger partial charge in [0.25, 0.3) is 5.56 Å². The summed E-state index contributed by atoms with van der Waals surface area (Å²) in [6, 6.07) is 2.71. The average molecular weight is 520 g/mol. The van der Waals surface area contributed by atoms with E-state index in [0.717, 1.165) is 22.1 Å². The lowest BCUT2D eigenvalue weighted by Crippen LogP contribution is -2.44. The molecule has 0 radical (unpaired) electrons. The van der Waals surface area contributed by atoms with Crippen LogP contribution in [0.5, 0.6) is 0 Å². The van der Waals surface area contributed by atoms with E-state index in [0.29, 0.717) is 48.5 Å². The number of aliphatic hydroxyl groups is 1. The van der Waals surface area contributed by atoms with Gasteiger partial charge in [-0.2, -0.15) is 0 Å². The van der Waals surface area contributed by atoms with Crippen LogP contribution in [0, 0.1) is 18.7 Å². The van der Waals surface area contributed by atoms with Crippen molar-refractivity contribution in [1.29, 1.82) is 0 Å². The standard InChI is InChI=1S/C28H26FN3O6/c1-3-28(36)17-6-21-24-15(8-32(21)26(34)16(17)11-38-27(28)35)23-19(31-25(33)13-9-37-10-13)5-4-14-12(2)18(29)7-20(30-24)22(14)23/h6-7,13,19,36H,3-5,8-11H2,1-2H3,(H,31,33)/t19-,28-/m1/s1. The van der Waals surface area contributed by atoms with Crippen molar-refractivity contribution in [3.05, 3.63) is 61.7 Å². The van der Waals surface area contributed by atoms with E-state index in [-0.39, 0.29) is 59.9 Å². The molecule has 10 heteroatoms. The second-order valence-corrected chi connectivity index (χ2v) is 10.6. The molecule has 3 aliphatic heterocycles. The van der Waals surface area contributed by atoms with Crippen molar-refractivity contribution in [2.75, 3.05) is 13.2 Å². The highest BCUT2D eigenvalue weighted by Gasteiger charge is 2.46. The number of benzene rings is 1. The van der Waals surface area contributed by atoms with E-state index < -0.39 is 11.6 Å². The predicted molar refractivity (Wildman–Crippen MR) is 133 cm³/mol. The van der Waals surface area contributed by atoms with Gasteiger partial charge in [-0.3, -0.25) is 9.59 Å². The lowest BCUT2D eigenvalue weighted by Gasteiger charge is -2.32. The molecule has 1 aliphatic carbocycles. The van der Waals surface area contributed by atoms with Crippen LogP contribution in [0.2, 0.25) is 0 Å². The topological polar surface area (TPSA) is 120 Å². The number of halogens is 1. The number of fused-ring (bicyclic) bond motifs is 5. The molecule has 1 aromatic carbocycles. The number of aryl methyl sites for hydroxylation is 1. The third-order valence-electron chi connectivity index (χ3n) is 8.70. The number of ether oxygens (including phenoxy) is 2. The maximum Gasteiger partial charge on any atom is 0.343 e. The fourth-order valence-corrected chi connectivity index (χ4v) is 6.38. The Labute approximate surface area is 216 Å². The van der Waals surface area contributed by atoms with Crippen LogP contribution < -0.4 is 10.9 Å². The first kappa shape index (κ1) is 23.5. The second kappa shape index (κ2) is 7.94. The molecule has 0 unspecified atom stereocenters. The van der Waals surface area contributed by atoms with Crippen LogP contribution in [0.4, 0.5) is 4.39 Å². The monoisotopic (exact) mass is 519 g/mol. The van der Waals surface area contributed by atoms with E-state index in [2.05, 4.69) is 5.32 Å². The first-order valence-corrected chi connectivity index (χ1v) is 12.9. The summed E-state index contributed by atoms with van der Waals surface area (Å²) in [7, 11) is 0. The molecular weight excluding hydrogens is 493 g/mol. The summed E-state index contributed by atoms with van der Waals surface area (Å²) in [5.74, 6) is -1.44. The average Bonchev–Trinajstić information content (AvgIpc) is 3.23. The van der Waals surface area contributed by atoms with Gasteiger partial charge >= 0.3 is 5.97 Å². The second-order valence-electron chi connectivity index (χ2n) is 10.6. The van der Waals surface area contributed by atoms with Crippen molar-refractivity contribution < 1.29 is 28.6 Å². The first-order valence-electron chi connectivity index (χ1n) is 12.9. The zero-order chi connectivity index (χ0) is 26.5. The number of amides is 1. The van der Waals surface area contributed by atoms with Gasteiger partial charge in [0.05, 0.1) is 54.2 Å². The highest BCUT2D eigenvalue weighted by Crippen LogP contribution is 2.46. The molecule has 38 heavy (non-hydrogen) atoms. The number of carbonyl (C=O) groups excluding carboxylic acids is 2.